The number of H-pyrrole nitrogens is 1. The number of hydrogen-bond acceptors (Lipinski definition) is 4. The van der Waals surface area contributed by atoms with Crippen molar-refractivity contribution >= 4 is 17.5 Å². The van der Waals surface area contributed by atoms with E-state index in [2.05, 4.69) is 15.4 Å². The van der Waals surface area contributed by atoms with Gasteiger partial charge in [-0.05, 0) is 26.2 Å². The van der Waals surface area contributed by atoms with Crippen molar-refractivity contribution in [2.45, 2.75) is 39.2 Å². The Hall–Kier alpha value is -2.64. The number of amides is 2. The molecule has 2 aromatic rings. The van der Waals surface area contributed by atoms with Gasteiger partial charge in [-0.1, -0.05) is 0 Å². The second kappa shape index (κ2) is 6.46. The first-order chi connectivity index (χ1) is 11.5. The maximum absolute atomic E-state index is 13.0. The summed E-state index contributed by atoms with van der Waals surface area (Å²) >= 11 is 0. The average Bonchev–Trinajstić information content (AvgIpc) is 2.96. The highest BCUT2D eigenvalue weighted by Crippen LogP contribution is 2.20. The zero-order valence-electron chi connectivity index (χ0n) is 13.8. The van der Waals surface area contributed by atoms with E-state index in [0.717, 1.165) is 19.3 Å². The van der Waals surface area contributed by atoms with Crippen molar-refractivity contribution in [1.29, 1.82) is 0 Å². The summed E-state index contributed by atoms with van der Waals surface area (Å²) in [6.07, 6.45) is 4.33. The molecule has 0 radical (unpaired) electrons. The average molecular weight is 331 g/mol. The molecule has 1 aliphatic heterocycles. The molecule has 1 fully saturated rings. The standard InChI is InChI=1S/C16H21N5O3/c1-10-7-14(23)21-15(19-10)13(9-18-21)16(24)20-6-4-3-5-12(20)8-17-11(2)22/h7,9,12,18H,3-6,8H2,1-2H3,(H,17,22). The molecule has 1 aliphatic rings. The largest absolute Gasteiger partial charge is 0.354 e. The predicted molar refractivity (Wildman–Crippen MR) is 87.9 cm³/mol. The molecule has 1 unspecified atom stereocenters. The molecule has 8 nitrogen and oxygen atoms in total. The third-order valence-electron chi connectivity index (χ3n) is 4.33. The van der Waals surface area contributed by atoms with Crippen LogP contribution in [0.3, 0.4) is 0 Å². The molecule has 2 amide bonds. The van der Waals surface area contributed by atoms with Gasteiger partial charge in [0, 0.05) is 44.0 Å². The van der Waals surface area contributed by atoms with E-state index in [-0.39, 0.29) is 23.4 Å². The van der Waals surface area contributed by atoms with Gasteiger partial charge in [0.15, 0.2) is 5.65 Å². The molecular formula is C16H21N5O3. The van der Waals surface area contributed by atoms with Crippen LogP contribution in [0.15, 0.2) is 17.1 Å². The van der Waals surface area contributed by atoms with Gasteiger partial charge in [-0.2, -0.15) is 0 Å². The number of aromatic nitrogens is 3. The van der Waals surface area contributed by atoms with Gasteiger partial charge < -0.3 is 10.2 Å². The van der Waals surface area contributed by atoms with E-state index in [4.69, 9.17) is 0 Å². The molecular weight excluding hydrogens is 310 g/mol. The number of nitrogens with one attached hydrogen (secondary N) is 2. The van der Waals surface area contributed by atoms with Crippen LogP contribution in [0.1, 0.15) is 42.2 Å². The van der Waals surface area contributed by atoms with Crippen molar-refractivity contribution < 1.29 is 9.59 Å². The number of nitrogens with zero attached hydrogens (tertiary/aromatic N) is 3. The van der Waals surface area contributed by atoms with Gasteiger partial charge in [0.2, 0.25) is 5.91 Å². The Bertz CT molecular complexity index is 838. The van der Waals surface area contributed by atoms with E-state index in [1.54, 1.807) is 11.8 Å². The predicted octanol–water partition coefficient (Wildman–Crippen LogP) is 0.462. The van der Waals surface area contributed by atoms with Gasteiger partial charge in [0.05, 0.1) is 0 Å². The van der Waals surface area contributed by atoms with Crippen molar-refractivity contribution in [3.63, 3.8) is 0 Å². The van der Waals surface area contributed by atoms with Crippen molar-refractivity contribution in [2.75, 3.05) is 13.1 Å². The Morgan fingerprint density at radius 2 is 2.21 bits per heavy atom. The Labute approximate surface area is 138 Å². The number of hydrogen-bond donors (Lipinski definition) is 2. The van der Waals surface area contributed by atoms with Gasteiger partial charge in [-0.3, -0.25) is 19.5 Å². The van der Waals surface area contributed by atoms with Crippen molar-refractivity contribution in [1.82, 2.24) is 24.8 Å². The molecule has 8 heteroatoms. The van der Waals surface area contributed by atoms with Crippen molar-refractivity contribution in [2.24, 2.45) is 0 Å². The lowest BCUT2D eigenvalue weighted by molar-refractivity contribution is -0.119. The summed E-state index contributed by atoms with van der Waals surface area (Å²) in [6.45, 7) is 4.27. The fourth-order valence-corrected chi connectivity index (χ4v) is 3.15. The first-order valence-corrected chi connectivity index (χ1v) is 8.10. The Morgan fingerprint density at radius 1 is 1.42 bits per heavy atom. The van der Waals surface area contributed by atoms with E-state index in [9.17, 15) is 14.4 Å². The Balaban J connectivity index is 1.92. The number of carbonyl (C=O) groups excluding carboxylic acids is 2. The van der Waals surface area contributed by atoms with E-state index >= 15 is 0 Å². The number of piperidine rings is 1. The second-order valence-corrected chi connectivity index (χ2v) is 6.17. The molecule has 2 N–H and O–H groups in total. The molecule has 3 rings (SSSR count). The van der Waals surface area contributed by atoms with Gasteiger partial charge in [0.1, 0.15) is 5.56 Å². The fraction of sp³-hybridized carbons (Fsp3) is 0.500. The summed E-state index contributed by atoms with van der Waals surface area (Å²) in [7, 11) is 0. The molecule has 0 aromatic carbocycles. The molecule has 2 aromatic heterocycles. The molecule has 1 saturated heterocycles. The van der Waals surface area contributed by atoms with Gasteiger partial charge in [-0.15, -0.1) is 0 Å². The normalized spacial score (nSPS) is 17.9. The monoisotopic (exact) mass is 331 g/mol. The van der Waals surface area contributed by atoms with Crippen molar-refractivity contribution in [3.05, 3.63) is 33.9 Å². The van der Waals surface area contributed by atoms with Crippen LogP contribution in [-0.4, -0.2) is 50.4 Å². The fourth-order valence-electron chi connectivity index (χ4n) is 3.15. The number of aryl methyl sites for hydroxylation is 1. The third-order valence-corrected chi connectivity index (χ3v) is 4.33. The number of aromatic amines is 1. The number of likely N-dealkylation sites (tertiary alicyclic amines) is 1. The summed E-state index contributed by atoms with van der Waals surface area (Å²) < 4.78 is 1.27. The smallest absolute Gasteiger partial charge is 0.272 e. The molecule has 0 spiro atoms. The topological polar surface area (TPSA) is 99.6 Å². The zero-order valence-corrected chi connectivity index (χ0v) is 13.8. The van der Waals surface area contributed by atoms with Gasteiger partial charge >= 0.3 is 0 Å². The first-order valence-electron chi connectivity index (χ1n) is 8.10. The molecule has 128 valence electrons. The van der Waals surface area contributed by atoms with Gasteiger partial charge in [0.25, 0.3) is 11.5 Å². The minimum absolute atomic E-state index is 0.0402. The highest BCUT2D eigenvalue weighted by atomic mass is 16.2. The number of carbonyl (C=O) groups is 2. The second-order valence-electron chi connectivity index (χ2n) is 6.17. The highest BCUT2D eigenvalue weighted by molar-refractivity contribution is 5.99. The lowest BCUT2D eigenvalue weighted by Gasteiger charge is -2.35. The van der Waals surface area contributed by atoms with Gasteiger partial charge in [-0.25, -0.2) is 9.50 Å². The van der Waals surface area contributed by atoms with Crippen LogP contribution < -0.4 is 10.9 Å². The van der Waals surface area contributed by atoms with Crippen LogP contribution in [0.4, 0.5) is 0 Å². The van der Waals surface area contributed by atoms with E-state index < -0.39 is 0 Å². The summed E-state index contributed by atoms with van der Waals surface area (Å²) in [5.41, 5.74) is 1.05. The van der Waals surface area contributed by atoms with Crippen LogP contribution >= 0.6 is 0 Å². The minimum atomic E-state index is -0.245. The number of fused-ring (bicyclic) bond motifs is 1. The Kier molecular flexibility index (Phi) is 4.37. The van der Waals surface area contributed by atoms with E-state index in [0.29, 0.717) is 30.0 Å². The molecule has 0 bridgehead atoms. The zero-order chi connectivity index (χ0) is 17.3. The molecule has 3 heterocycles. The third kappa shape index (κ3) is 3.04. The maximum Gasteiger partial charge on any atom is 0.272 e. The molecule has 1 atom stereocenters. The minimum Gasteiger partial charge on any atom is -0.354 e. The summed E-state index contributed by atoms with van der Waals surface area (Å²) in [5, 5.41) is 5.58. The summed E-state index contributed by atoms with van der Waals surface area (Å²) in [5.74, 6) is -0.273. The lowest BCUT2D eigenvalue weighted by atomic mass is 10.0. The van der Waals surface area contributed by atoms with Crippen LogP contribution in [0, 0.1) is 6.92 Å². The van der Waals surface area contributed by atoms with Crippen molar-refractivity contribution in [3.8, 4) is 0 Å². The Morgan fingerprint density at radius 3 is 2.96 bits per heavy atom. The molecule has 24 heavy (non-hydrogen) atoms. The SMILES string of the molecule is CC(=O)NCC1CCCCN1C(=O)c1c[nH]n2c(=O)cc(C)nc12. The molecule has 0 aliphatic carbocycles. The van der Waals surface area contributed by atoms with Crippen LogP contribution in [0.25, 0.3) is 5.65 Å². The first kappa shape index (κ1) is 16.2. The van der Waals surface area contributed by atoms with E-state index in [1.165, 1.54) is 23.7 Å². The maximum atomic E-state index is 13.0. The number of rotatable bonds is 3. The van der Waals surface area contributed by atoms with E-state index in [1.807, 2.05) is 0 Å². The quantitative estimate of drug-likeness (QED) is 0.853. The lowest BCUT2D eigenvalue weighted by Crippen LogP contribution is -2.49. The summed E-state index contributed by atoms with van der Waals surface area (Å²) in [6, 6.07) is 1.37. The summed E-state index contributed by atoms with van der Waals surface area (Å²) in [4.78, 5) is 42.2. The van der Waals surface area contributed by atoms with Crippen LogP contribution in [-0.2, 0) is 4.79 Å². The van der Waals surface area contributed by atoms with Crippen LogP contribution in [0.5, 0.6) is 0 Å². The molecule has 0 saturated carbocycles. The van der Waals surface area contributed by atoms with Crippen LogP contribution in [0.2, 0.25) is 0 Å². The highest BCUT2D eigenvalue weighted by Gasteiger charge is 2.29.